The summed E-state index contributed by atoms with van der Waals surface area (Å²) in [6.45, 7) is 12.9. The first-order chi connectivity index (χ1) is 24.3. The van der Waals surface area contributed by atoms with Crippen LogP contribution in [0, 0.1) is 0 Å². The van der Waals surface area contributed by atoms with E-state index < -0.39 is 46.5 Å². The summed E-state index contributed by atoms with van der Waals surface area (Å²) in [6, 6.07) is 7.58. The van der Waals surface area contributed by atoms with E-state index in [2.05, 4.69) is 10.4 Å². The lowest BCUT2D eigenvalue weighted by atomic mass is 9.94. The molecule has 7 rings (SSSR count). The molecule has 52 heavy (non-hydrogen) atoms. The van der Waals surface area contributed by atoms with Gasteiger partial charge in [0.1, 0.15) is 17.3 Å². The van der Waals surface area contributed by atoms with Crippen LogP contribution in [-0.2, 0) is 32.7 Å². The number of nitrogens with zero attached hydrogens (tertiary/aromatic N) is 6. The van der Waals surface area contributed by atoms with Gasteiger partial charge in [0.2, 0.25) is 11.7 Å². The van der Waals surface area contributed by atoms with Crippen molar-refractivity contribution in [1.29, 1.82) is 0 Å². The molecule has 0 unspecified atom stereocenters. The minimum Gasteiger partial charge on any atom is -0.444 e. The van der Waals surface area contributed by atoms with Crippen molar-refractivity contribution in [2.75, 3.05) is 36.4 Å². The van der Waals surface area contributed by atoms with Crippen molar-refractivity contribution in [3.63, 3.8) is 0 Å². The lowest BCUT2D eigenvalue weighted by Gasteiger charge is -2.37. The molecule has 16 heteroatoms. The van der Waals surface area contributed by atoms with Gasteiger partial charge < -0.3 is 24.6 Å². The van der Waals surface area contributed by atoms with Crippen molar-refractivity contribution < 1.29 is 32.2 Å². The molecule has 4 aromatic rings. The number of ether oxygens (including phenoxy) is 2. The zero-order chi connectivity index (χ0) is 37.5. The van der Waals surface area contributed by atoms with Gasteiger partial charge in [-0.2, -0.15) is 22.7 Å². The maximum absolute atomic E-state index is 14.4. The summed E-state index contributed by atoms with van der Waals surface area (Å²) in [4.78, 5) is 49.6. The first-order valence-electron chi connectivity index (χ1n) is 17.1. The molecule has 0 saturated carbocycles. The van der Waals surface area contributed by atoms with E-state index >= 15 is 0 Å². The number of hydrogen-bond acceptors (Lipinski definition) is 8. The summed E-state index contributed by atoms with van der Waals surface area (Å²) in [7, 11) is 0. The third-order valence-electron chi connectivity index (χ3n) is 9.76. The third kappa shape index (κ3) is 6.37. The Labute approximate surface area is 302 Å². The van der Waals surface area contributed by atoms with E-state index in [-0.39, 0.29) is 34.7 Å². The third-order valence-corrected chi connectivity index (χ3v) is 10.1. The van der Waals surface area contributed by atoms with Gasteiger partial charge in [-0.15, -0.1) is 5.10 Å². The maximum Gasteiger partial charge on any atom is 0.416 e. The molecular formula is C36H39ClF3N7O5. The largest absolute Gasteiger partial charge is 0.444 e. The molecule has 5 heterocycles. The maximum atomic E-state index is 14.4. The molecule has 2 amide bonds. The smallest absolute Gasteiger partial charge is 0.416 e. The fourth-order valence-electron chi connectivity index (χ4n) is 7.23. The van der Waals surface area contributed by atoms with Gasteiger partial charge in [-0.1, -0.05) is 30.7 Å². The molecule has 0 spiro atoms. The number of amides is 2. The topological polar surface area (TPSA) is 123 Å². The van der Waals surface area contributed by atoms with Crippen LogP contribution in [0.1, 0.15) is 82.3 Å². The zero-order valence-corrected chi connectivity index (χ0v) is 30.4. The summed E-state index contributed by atoms with van der Waals surface area (Å²) in [5.41, 5.74) is 1.13. The number of anilines is 2. The van der Waals surface area contributed by atoms with Gasteiger partial charge in [0.05, 0.1) is 34.2 Å². The lowest BCUT2D eigenvalue weighted by Crippen LogP contribution is -2.51. The molecule has 0 aliphatic carbocycles. The molecule has 1 N–H and O–H groups in total. The Hall–Kier alpha value is -4.63. The molecule has 2 aromatic heterocycles. The van der Waals surface area contributed by atoms with Gasteiger partial charge in [0, 0.05) is 37.7 Å². The van der Waals surface area contributed by atoms with Gasteiger partial charge in [-0.3, -0.25) is 14.2 Å². The Morgan fingerprint density at radius 1 is 1.06 bits per heavy atom. The Morgan fingerprint density at radius 2 is 1.77 bits per heavy atom. The second-order valence-corrected chi connectivity index (χ2v) is 15.4. The second-order valence-electron chi connectivity index (χ2n) is 15.0. The quantitative estimate of drug-likeness (QED) is 0.244. The number of aromatic nitrogens is 4. The van der Waals surface area contributed by atoms with Crippen molar-refractivity contribution in [1.82, 2.24) is 24.1 Å². The highest BCUT2D eigenvalue weighted by Gasteiger charge is 2.41. The van der Waals surface area contributed by atoms with Crippen LogP contribution in [-0.4, -0.2) is 67.8 Å². The lowest BCUT2D eigenvalue weighted by molar-refractivity contribution is -0.137. The molecule has 3 aliphatic heterocycles. The second kappa shape index (κ2) is 12.5. The van der Waals surface area contributed by atoms with E-state index in [1.165, 1.54) is 4.52 Å². The summed E-state index contributed by atoms with van der Waals surface area (Å²) >= 11 is 6.21. The van der Waals surface area contributed by atoms with E-state index in [0.717, 1.165) is 29.3 Å². The van der Waals surface area contributed by atoms with Crippen LogP contribution < -0.4 is 15.8 Å². The van der Waals surface area contributed by atoms with Crippen molar-refractivity contribution in [3.8, 4) is 11.4 Å². The number of rotatable bonds is 4. The van der Waals surface area contributed by atoms with Gasteiger partial charge in [-0.05, 0) is 76.4 Å². The van der Waals surface area contributed by atoms with Crippen LogP contribution in [0.25, 0.3) is 17.2 Å². The standard InChI is InChI=1S/C36H39ClF3N7O5/c1-19-15-26(30(48)41-25-10-8-22(17-24(25)37)36(38,39)40)46-27(19)28(44-11-13-45(14-12-44)33(50)52-34(2,3)4)31(49)47-32(46)42-29(43-47)20-7-9-23-21(16-20)18-51-35(23,5)6/h7-10,16-17,19,26H,11-15,18H2,1-6H3,(H,41,48)/t19-,26+/m1/s1. The number of alkyl halides is 3. The molecule has 2 atom stereocenters. The monoisotopic (exact) mass is 741 g/mol. The fourth-order valence-corrected chi connectivity index (χ4v) is 7.45. The number of halogens is 4. The van der Waals surface area contributed by atoms with E-state index in [4.69, 9.17) is 26.1 Å². The predicted molar refractivity (Wildman–Crippen MR) is 188 cm³/mol. The molecule has 1 fully saturated rings. The van der Waals surface area contributed by atoms with E-state index in [9.17, 15) is 27.6 Å². The summed E-state index contributed by atoms with van der Waals surface area (Å²) < 4.78 is 54.3. The van der Waals surface area contributed by atoms with Crippen LogP contribution in [0.4, 0.5) is 29.3 Å². The Balaban J connectivity index is 1.30. The molecular weight excluding hydrogens is 703 g/mol. The number of piperazine rings is 1. The molecule has 12 nitrogen and oxygen atoms in total. The molecule has 2 aromatic carbocycles. The van der Waals surface area contributed by atoms with Gasteiger partial charge in [0.15, 0.2) is 5.82 Å². The Kier molecular flexibility index (Phi) is 8.60. The van der Waals surface area contributed by atoms with E-state index in [1.54, 1.807) is 30.2 Å². The number of benzene rings is 2. The van der Waals surface area contributed by atoms with Crippen molar-refractivity contribution in [2.24, 2.45) is 0 Å². The number of hydrogen-bond donors (Lipinski definition) is 1. The summed E-state index contributed by atoms with van der Waals surface area (Å²) in [6.07, 6.45) is -4.78. The summed E-state index contributed by atoms with van der Waals surface area (Å²) in [5.74, 6) is -0.433. The van der Waals surface area contributed by atoms with Gasteiger partial charge >= 0.3 is 12.3 Å². The average molecular weight is 742 g/mol. The minimum absolute atomic E-state index is 0.0155. The fraction of sp³-hybridized carbons (Fsp3) is 0.472. The van der Waals surface area contributed by atoms with E-state index in [0.29, 0.717) is 49.7 Å². The zero-order valence-electron chi connectivity index (χ0n) is 29.6. The Bertz CT molecular complexity index is 2170. The molecule has 0 bridgehead atoms. The molecule has 276 valence electrons. The highest BCUT2D eigenvalue weighted by Crippen LogP contribution is 2.43. The first-order valence-corrected chi connectivity index (χ1v) is 17.4. The number of carbonyl (C=O) groups is 2. The van der Waals surface area contributed by atoms with Crippen LogP contribution in [0.15, 0.2) is 41.2 Å². The van der Waals surface area contributed by atoms with Crippen LogP contribution in [0.2, 0.25) is 5.02 Å². The molecule has 0 radical (unpaired) electrons. The van der Waals surface area contributed by atoms with Crippen molar-refractivity contribution >= 4 is 40.8 Å². The predicted octanol–water partition coefficient (Wildman–Crippen LogP) is 6.74. The molecule has 1 saturated heterocycles. The van der Waals surface area contributed by atoms with E-state index in [1.807, 2.05) is 43.9 Å². The van der Waals surface area contributed by atoms with Crippen molar-refractivity contribution in [2.45, 2.75) is 83.9 Å². The normalized spacial score (nSPS) is 19.9. The molecule has 3 aliphatic rings. The first kappa shape index (κ1) is 35.8. The minimum atomic E-state index is -4.61. The number of fused-ring (bicyclic) bond motifs is 4. The number of carbonyl (C=O) groups excluding carboxylic acids is 2. The van der Waals surface area contributed by atoms with Gasteiger partial charge in [-0.25, -0.2) is 4.79 Å². The van der Waals surface area contributed by atoms with Crippen LogP contribution in [0.3, 0.4) is 0 Å². The number of nitrogens with one attached hydrogen (secondary N) is 1. The SMILES string of the molecule is C[C@@H]1C[C@@H](C(=O)Nc2ccc(C(F)(F)F)cc2Cl)n2c1c(N1CCN(C(=O)OC(C)(C)C)CC1)c(=O)n1nc(-c3ccc4c(c3)COC4(C)C)nc21. The van der Waals surface area contributed by atoms with Crippen molar-refractivity contribution in [3.05, 3.63) is 74.2 Å². The van der Waals surface area contributed by atoms with Crippen LogP contribution >= 0.6 is 11.6 Å². The highest BCUT2D eigenvalue weighted by atomic mass is 35.5. The van der Waals surface area contributed by atoms with Crippen LogP contribution in [0.5, 0.6) is 0 Å². The Morgan fingerprint density at radius 3 is 2.42 bits per heavy atom. The highest BCUT2D eigenvalue weighted by molar-refractivity contribution is 6.33. The average Bonchev–Trinajstić information content (AvgIpc) is 3.74. The van der Waals surface area contributed by atoms with Gasteiger partial charge in [0.25, 0.3) is 5.56 Å². The summed E-state index contributed by atoms with van der Waals surface area (Å²) in [5, 5.41) is 7.11.